The Bertz CT molecular complexity index is 342. The van der Waals surface area contributed by atoms with Crippen LogP contribution in [0.5, 0.6) is 0 Å². The summed E-state index contributed by atoms with van der Waals surface area (Å²) in [6, 6.07) is 8.13. The highest BCUT2D eigenvalue weighted by Gasteiger charge is 1.99. The van der Waals surface area contributed by atoms with Crippen LogP contribution in [-0.2, 0) is 11.3 Å². The van der Waals surface area contributed by atoms with Gasteiger partial charge in [-0.3, -0.25) is 4.79 Å². The molecular formula is C12H17BrN2O. The van der Waals surface area contributed by atoms with Crippen molar-refractivity contribution in [3.8, 4) is 0 Å². The lowest BCUT2D eigenvalue weighted by atomic mass is 10.2. The van der Waals surface area contributed by atoms with Gasteiger partial charge < -0.3 is 10.6 Å². The van der Waals surface area contributed by atoms with Gasteiger partial charge in [0.1, 0.15) is 0 Å². The third-order valence-electron chi connectivity index (χ3n) is 2.31. The van der Waals surface area contributed by atoms with E-state index in [4.69, 9.17) is 0 Å². The molecule has 0 atom stereocenters. The van der Waals surface area contributed by atoms with Crippen LogP contribution >= 0.6 is 15.9 Å². The summed E-state index contributed by atoms with van der Waals surface area (Å²) in [6.07, 6.45) is 1.45. The molecule has 0 bridgehead atoms. The molecule has 88 valence electrons. The van der Waals surface area contributed by atoms with Crippen molar-refractivity contribution >= 4 is 21.8 Å². The minimum atomic E-state index is 0.0997. The maximum absolute atomic E-state index is 11.0. The molecule has 16 heavy (non-hydrogen) atoms. The van der Waals surface area contributed by atoms with Crippen molar-refractivity contribution in [1.82, 2.24) is 10.6 Å². The van der Waals surface area contributed by atoms with Crippen molar-refractivity contribution in [3.05, 3.63) is 34.3 Å². The normalized spacial score (nSPS) is 10.1. The second-order valence-electron chi connectivity index (χ2n) is 3.54. The summed E-state index contributed by atoms with van der Waals surface area (Å²) >= 11 is 3.50. The van der Waals surface area contributed by atoms with E-state index in [0.717, 1.165) is 24.0 Å². The van der Waals surface area contributed by atoms with E-state index in [-0.39, 0.29) is 5.91 Å². The fraction of sp³-hybridized carbons (Fsp3) is 0.417. The van der Waals surface area contributed by atoms with E-state index in [9.17, 15) is 4.79 Å². The first-order valence-corrected chi connectivity index (χ1v) is 6.18. The van der Waals surface area contributed by atoms with Gasteiger partial charge in [0.25, 0.3) is 0 Å². The number of hydrogen-bond donors (Lipinski definition) is 2. The third kappa shape index (κ3) is 4.77. The maximum Gasteiger partial charge on any atom is 0.219 e. The molecule has 0 saturated carbocycles. The lowest BCUT2D eigenvalue weighted by Crippen LogP contribution is -2.21. The van der Waals surface area contributed by atoms with Crippen LogP contribution in [0.3, 0.4) is 0 Å². The standard InChI is InChI=1S/C12H17BrN2O/c1-14-12(16)7-4-8-15-9-10-5-2-3-6-11(10)13/h2-3,5-6,15H,4,7-9H2,1H3,(H,14,16). The van der Waals surface area contributed by atoms with Gasteiger partial charge in [-0.05, 0) is 24.6 Å². The summed E-state index contributed by atoms with van der Waals surface area (Å²) in [7, 11) is 1.66. The zero-order valence-corrected chi connectivity index (χ0v) is 11.0. The number of carbonyl (C=O) groups excluding carboxylic acids is 1. The zero-order valence-electron chi connectivity index (χ0n) is 9.42. The van der Waals surface area contributed by atoms with E-state index in [2.05, 4.69) is 32.6 Å². The second kappa shape index (κ2) is 7.41. The van der Waals surface area contributed by atoms with Crippen LogP contribution in [-0.4, -0.2) is 19.5 Å². The van der Waals surface area contributed by atoms with E-state index < -0.39 is 0 Å². The van der Waals surface area contributed by atoms with E-state index in [1.165, 1.54) is 5.56 Å². The fourth-order valence-corrected chi connectivity index (χ4v) is 1.79. The number of halogens is 1. The van der Waals surface area contributed by atoms with E-state index >= 15 is 0 Å². The van der Waals surface area contributed by atoms with Crippen LogP contribution in [0.2, 0.25) is 0 Å². The number of rotatable bonds is 6. The number of amides is 1. The maximum atomic E-state index is 11.0. The van der Waals surface area contributed by atoms with Crippen LogP contribution in [0.15, 0.2) is 28.7 Å². The SMILES string of the molecule is CNC(=O)CCCNCc1ccccc1Br. The van der Waals surface area contributed by atoms with E-state index in [1.807, 2.05) is 18.2 Å². The van der Waals surface area contributed by atoms with E-state index in [1.54, 1.807) is 7.05 Å². The molecule has 0 fully saturated rings. The highest BCUT2D eigenvalue weighted by Crippen LogP contribution is 2.15. The summed E-state index contributed by atoms with van der Waals surface area (Å²) < 4.78 is 1.12. The lowest BCUT2D eigenvalue weighted by molar-refractivity contribution is -0.120. The highest BCUT2D eigenvalue weighted by atomic mass is 79.9. The quantitative estimate of drug-likeness (QED) is 0.786. The molecule has 1 aromatic carbocycles. The molecule has 4 heteroatoms. The Morgan fingerprint density at radius 3 is 2.81 bits per heavy atom. The smallest absolute Gasteiger partial charge is 0.219 e. The van der Waals surface area contributed by atoms with Crippen LogP contribution in [0.4, 0.5) is 0 Å². The minimum Gasteiger partial charge on any atom is -0.359 e. The highest BCUT2D eigenvalue weighted by molar-refractivity contribution is 9.10. The van der Waals surface area contributed by atoms with Crippen molar-refractivity contribution in [2.45, 2.75) is 19.4 Å². The molecule has 0 heterocycles. The van der Waals surface area contributed by atoms with Crippen molar-refractivity contribution in [2.24, 2.45) is 0 Å². The molecular weight excluding hydrogens is 268 g/mol. The van der Waals surface area contributed by atoms with Gasteiger partial charge in [0.2, 0.25) is 5.91 Å². The Morgan fingerprint density at radius 2 is 2.12 bits per heavy atom. The summed E-state index contributed by atoms with van der Waals surface area (Å²) in [5.74, 6) is 0.0997. The van der Waals surface area contributed by atoms with Gasteiger partial charge in [0, 0.05) is 24.5 Å². The summed E-state index contributed by atoms with van der Waals surface area (Å²) in [5.41, 5.74) is 1.24. The molecule has 0 radical (unpaired) electrons. The third-order valence-corrected chi connectivity index (χ3v) is 3.08. The first-order chi connectivity index (χ1) is 7.74. The van der Waals surface area contributed by atoms with Gasteiger partial charge in [0.05, 0.1) is 0 Å². The molecule has 3 nitrogen and oxygen atoms in total. The summed E-state index contributed by atoms with van der Waals surface area (Å²) in [6.45, 7) is 1.68. The first-order valence-electron chi connectivity index (χ1n) is 5.38. The Hall–Kier alpha value is -0.870. The molecule has 0 saturated heterocycles. The van der Waals surface area contributed by atoms with Crippen LogP contribution in [0, 0.1) is 0 Å². The first kappa shape index (κ1) is 13.2. The van der Waals surface area contributed by atoms with Crippen molar-refractivity contribution in [3.63, 3.8) is 0 Å². The van der Waals surface area contributed by atoms with Crippen LogP contribution in [0.25, 0.3) is 0 Å². The molecule has 1 rings (SSSR count). The predicted octanol–water partition coefficient (Wildman–Crippen LogP) is 2.06. The van der Waals surface area contributed by atoms with Gasteiger partial charge in [-0.25, -0.2) is 0 Å². The second-order valence-corrected chi connectivity index (χ2v) is 4.40. The predicted molar refractivity (Wildman–Crippen MR) is 69.1 cm³/mol. The van der Waals surface area contributed by atoms with Crippen LogP contribution < -0.4 is 10.6 Å². The molecule has 0 aromatic heterocycles. The largest absolute Gasteiger partial charge is 0.359 e. The summed E-state index contributed by atoms with van der Waals surface area (Å²) in [5, 5.41) is 5.92. The topological polar surface area (TPSA) is 41.1 Å². The van der Waals surface area contributed by atoms with E-state index in [0.29, 0.717) is 6.42 Å². The van der Waals surface area contributed by atoms with Gasteiger partial charge in [0.15, 0.2) is 0 Å². The Morgan fingerprint density at radius 1 is 1.38 bits per heavy atom. The average molecular weight is 285 g/mol. The Labute approximate surface area is 105 Å². The zero-order chi connectivity index (χ0) is 11.8. The van der Waals surface area contributed by atoms with Gasteiger partial charge in [-0.15, -0.1) is 0 Å². The van der Waals surface area contributed by atoms with Crippen LogP contribution in [0.1, 0.15) is 18.4 Å². The minimum absolute atomic E-state index is 0.0997. The van der Waals surface area contributed by atoms with Gasteiger partial charge in [-0.1, -0.05) is 34.1 Å². The summed E-state index contributed by atoms with van der Waals surface area (Å²) in [4.78, 5) is 11.0. The number of benzene rings is 1. The van der Waals surface area contributed by atoms with Crippen molar-refractivity contribution in [1.29, 1.82) is 0 Å². The molecule has 0 spiro atoms. The van der Waals surface area contributed by atoms with Crippen molar-refractivity contribution in [2.75, 3.05) is 13.6 Å². The number of hydrogen-bond acceptors (Lipinski definition) is 2. The number of carbonyl (C=O) groups is 1. The number of nitrogens with one attached hydrogen (secondary N) is 2. The fourth-order valence-electron chi connectivity index (χ4n) is 1.36. The molecule has 1 amide bonds. The lowest BCUT2D eigenvalue weighted by Gasteiger charge is -2.06. The Balaban J connectivity index is 2.17. The molecule has 0 unspecified atom stereocenters. The molecule has 2 N–H and O–H groups in total. The molecule has 0 aliphatic carbocycles. The molecule has 0 aliphatic rings. The van der Waals surface area contributed by atoms with Crippen molar-refractivity contribution < 1.29 is 4.79 Å². The van der Waals surface area contributed by atoms with Gasteiger partial charge in [-0.2, -0.15) is 0 Å². The van der Waals surface area contributed by atoms with Gasteiger partial charge >= 0.3 is 0 Å². The average Bonchev–Trinajstić information content (AvgIpc) is 2.30. The molecule has 0 aliphatic heterocycles. The molecule has 1 aromatic rings. The monoisotopic (exact) mass is 284 g/mol. The Kier molecular flexibility index (Phi) is 6.11.